The van der Waals surface area contributed by atoms with Crippen LogP contribution in [0.1, 0.15) is 25.8 Å². The number of carbonyl (C=O) groups excluding carboxylic acids is 2. The van der Waals surface area contributed by atoms with Crippen molar-refractivity contribution in [3.05, 3.63) is 33.8 Å². The third-order valence-electron chi connectivity index (χ3n) is 3.22. The minimum atomic E-state index is -0.905. The molecule has 5 nitrogen and oxygen atoms in total. The molecule has 1 heterocycles. The molecule has 3 amide bonds. The second kappa shape index (κ2) is 5.42. The number of nitrogens with one attached hydrogen (secondary N) is 1. The summed E-state index contributed by atoms with van der Waals surface area (Å²) in [4.78, 5) is 23.8. The van der Waals surface area contributed by atoms with Gasteiger partial charge in [-0.2, -0.15) is 5.10 Å². The highest BCUT2D eigenvalue weighted by molar-refractivity contribution is 6.36. The molecule has 1 atom stereocenters. The van der Waals surface area contributed by atoms with Crippen LogP contribution in [0, 0.1) is 0 Å². The highest BCUT2D eigenvalue weighted by Crippen LogP contribution is 2.22. The van der Waals surface area contributed by atoms with Crippen molar-refractivity contribution in [2.45, 2.75) is 25.8 Å². The summed E-state index contributed by atoms with van der Waals surface area (Å²) in [6.07, 6.45) is 1.85. The Bertz CT molecular complexity index is 603. The van der Waals surface area contributed by atoms with Gasteiger partial charge in [-0.3, -0.25) is 4.79 Å². The van der Waals surface area contributed by atoms with Gasteiger partial charge in [-0.25, -0.2) is 4.79 Å². The van der Waals surface area contributed by atoms with Crippen molar-refractivity contribution in [1.29, 1.82) is 0 Å². The van der Waals surface area contributed by atoms with Crippen LogP contribution in [0.3, 0.4) is 0 Å². The highest BCUT2D eigenvalue weighted by Gasteiger charge is 2.46. The average Bonchev–Trinajstić information content (AvgIpc) is 2.61. The lowest BCUT2D eigenvalue weighted by atomic mass is 10.00. The van der Waals surface area contributed by atoms with E-state index < -0.39 is 11.6 Å². The molecule has 0 aliphatic carbocycles. The number of rotatable bonds is 3. The van der Waals surface area contributed by atoms with Gasteiger partial charge in [0.2, 0.25) is 0 Å². The molecule has 20 heavy (non-hydrogen) atoms. The van der Waals surface area contributed by atoms with Crippen LogP contribution >= 0.6 is 23.2 Å². The van der Waals surface area contributed by atoms with Gasteiger partial charge in [0, 0.05) is 10.6 Å². The van der Waals surface area contributed by atoms with Crippen LogP contribution in [-0.2, 0) is 4.79 Å². The number of hydrazone groups is 1. The second-order valence-electron chi connectivity index (χ2n) is 4.64. The molecule has 0 radical (unpaired) electrons. The van der Waals surface area contributed by atoms with E-state index in [0.717, 1.165) is 5.01 Å². The topological polar surface area (TPSA) is 61.8 Å². The summed E-state index contributed by atoms with van der Waals surface area (Å²) in [6, 6.07) is 4.33. The summed E-state index contributed by atoms with van der Waals surface area (Å²) in [5.74, 6) is -0.383. The Morgan fingerprint density at radius 3 is 2.65 bits per heavy atom. The standard InChI is InChI=1S/C13H13Cl2N3O2/c1-3-13(2)11(19)18(12(20)17-13)16-7-8-4-5-9(14)6-10(8)15/h4-7H,3H2,1-2H3,(H,17,20)/b16-7+. The number of hydrogen-bond acceptors (Lipinski definition) is 3. The zero-order chi connectivity index (χ0) is 14.9. The van der Waals surface area contributed by atoms with E-state index in [0.29, 0.717) is 22.0 Å². The number of amides is 3. The Kier molecular flexibility index (Phi) is 4.01. The van der Waals surface area contributed by atoms with Crippen molar-refractivity contribution in [3.8, 4) is 0 Å². The van der Waals surface area contributed by atoms with E-state index in [2.05, 4.69) is 10.4 Å². The number of nitrogens with zero attached hydrogens (tertiary/aromatic N) is 2. The number of imide groups is 1. The van der Waals surface area contributed by atoms with Gasteiger partial charge in [0.15, 0.2) is 0 Å². The molecular formula is C13H13Cl2N3O2. The van der Waals surface area contributed by atoms with Gasteiger partial charge in [0.1, 0.15) is 5.54 Å². The van der Waals surface area contributed by atoms with E-state index in [1.165, 1.54) is 6.21 Å². The first kappa shape index (κ1) is 14.8. The Hall–Kier alpha value is -1.59. The van der Waals surface area contributed by atoms with Crippen molar-refractivity contribution in [2.24, 2.45) is 5.10 Å². The molecule has 7 heteroatoms. The summed E-state index contributed by atoms with van der Waals surface area (Å²) in [7, 11) is 0. The summed E-state index contributed by atoms with van der Waals surface area (Å²) >= 11 is 11.8. The predicted molar refractivity (Wildman–Crippen MR) is 78.1 cm³/mol. The van der Waals surface area contributed by atoms with E-state index in [1.807, 2.05) is 6.92 Å². The fourth-order valence-corrected chi connectivity index (χ4v) is 2.20. The molecule has 2 rings (SSSR count). The Balaban J connectivity index is 2.24. The summed E-state index contributed by atoms with van der Waals surface area (Å²) < 4.78 is 0. The first-order valence-corrected chi connectivity index (χ1v) is 6.78. The molecule has 0 spiro atoms. The maximum Gasteiger partial charge on any atom is 0.346 e. The smallest absolute Gasteiger partial charge is 0.322 e. The lowest BCUT2D eigenvalue weighted by Gasteiger charge is -2.17. The Morgan fingerprint density at radius 2 is 2.10 bits per heavy atom. The molecule has 0 aromatic heterocycles. The maximum atomic E-state index is 12.1. The van der Waals surface area contributed by atoms with Crippen molar-refractivity contribution >= 4 is 41.4 Å². The van der Waals surface area contributed by atoms with Crippen LogP contribution in [0.15, 0.2) is 23.3 Å². The number of halogens is 2. The molecule has 1 aromatic carbocycles. The van der Waals surface area contributed by atoms with Crippen molar-refractivity contribution in [1.82, 2.24) is 10.3 Å². The molecule has 1 fully saturated rings. The van der Waals surface area contributed by atoms with Crippen LogP contribution in [-0.4, -0.2) is 28.7 Å². The van der Waals surface area contributed by atoms with E-state index in [1.54, 1.807) is 25.1 Å². The lowest BCUT2D eigenvalue weighted by Crippen LogP contribution is -2.42. The monoisotopic (exact) mass is 313 g/mol. The predicted octanol–water partition coefficient (Wildman–Crippen LogP) is 3.05. The fourth-order valence-electron chi connectivity index (χ4n) is 1.74. The summed E-state index contributed by atoms with van der Waals surface area (Å²) in [5, 5.41) is 8.23. The molecule has 0 bridgehead atoms. The number of urea groups is 1. The Morgan fingerprint density at radius 1 is 1.40 bits per heavy atom. The minimum Gasteiger partial charge on any atom is -0.322 e. The Labute approximate surface area is 126 Å². The van der Waals surface area contributed by atoms with Gasteiger partial charge in [-0.15, -0.1) is 5.01 Å². The molecule has 1 unspecified atom stereocenters. The zero-order valence-corrected chi connectivity index (χ0v) is 12.5. The number of benzene rings is 1. The van der Waals surface area contributed by atoms with Crippen LogP contribution in [0.2, 0.25) is 10.0 Å². The van der Waals surface area contributed by atoms with E-state index in [9.17, 15) is 9.59 Å². The quantitative estimate of drug-likeness (QED) is 0.688. The summed E-state index contributed by atoms with van der Waals surface area (Å²) in [6.45, 7) is 3.49. The van der Waals surface area contributed by atoms with Crippen LogP contribution < -0.4 is 5.32 Å². The highest BCUT2D eigenvalue weighted by atomic mass is 35.5. The molecule has 1 N–H and O–H groups in total. The van der Waals surface area contributed by atoms with Gasteiger partial charge in [0.25, 0.3) is 5.91 Å². The van der Waals surface area contributed by atoms with Gasteiger partial charge < -0.3 is 5.32 Å². The van der Waals surface area contributed by atoms with Crippen LogP contribution in [0.4, 0.5) is 4.79 Å². The van der Waals surface area contributed by atoms with Gasteiger partial charge in [-0.1, -0.05) is 36.2 Å². The van der Waals surface area contributed by atoms with Gasteiger partial charge >= 0.3 is 6.03 Å². The molecule has 106 valence electrons. The number of hydrogen-bond donors (Lipinski definition) is 1. The van der Waals surface area contributed by atoms with E-state index >= 15 is 0 Å². The summed E-state index contributed by atoms with van der Waals surface area (Å²) in [5.41, 5.74) is -0.333. The molecular weight excluding hydrogens is 301 g/mol. The first-order chi connectivity index (χ1) is 9.37. The minimum absolute atomic E-state index is 0.383. The third kappa shape index (κ3) is 2.64. The van der Waals surface area contributed by atoms with Crippen molar-refractivity contribution in [3.63, 3.8) is 0 Å². The van der Waals surface area contributed by atoms with Crippen molar-refractivity contribution in [2.75, 3.05) is 0 Å². The third-order valence-corrected chi connectivity index (χ3v) is 3.78. The van der Waals surface area contributed by atoms with Crippen LogP contribution in [0.25, 0.3) is 0 Å². The van der Waals surface area contributed by atoms with Gasteiger partial charge in [-0.05, 0) is 25.5 Å². The largest absolute Gasteiger partial charge is 0.346 e. The molecule has 0 saturated carbocycles. The van der Waals surface area contributed by atoms with Crippen molar-refractivity contribution < 1.29 is 9.59 Å². The average molecular weight is 314 g/mol. The SMILES string of the molecule is CCC1(C)NC(=O)N(/N=C/c2ccc(Cl)cc2Cl)C1=O. The zero-order valence-electron chi connectivity index (χ0n) is 11.0. The fraction of sp³-hybridized carbons (Fsp3) is 0.308. The molecule has 1 aliphatic heterocycles. The maximum absolute atomic E-state index is 12.1. The van der Waals surface area contributed by atoms with Crippen LogP contribution in [0.5, 0.6) is 0 Å². The molecule has 1 saturated heterocycles. The number of carbonyl (C=O) groups is 2. The second-order valence-corrected chi connectivity index (χ2v) is 5.49. The molecule has 1 aliphatic rings. The lowest BCUT2D eigenvalue weighted by molar-refractivity contribution is -0.130. The molecule has 1 aromatic rings. The van der Waals surface area contributed by atoms with Gasteiger partial charge in [0.05, 0.1) is 11.2 Å². The van der Waals surface area contributed by atoms with E-state index in [-0.39, 0.29) is 5.91 Å². The normalized spacial score (nSPS) is 22.7. The van der Waals surface area contributed by atoms with E-state index in [4.69, 9.17) is 23.2 Å². The first-order valence-electron chi connectivity index (χ1n) is 6.03.